The quantitative estimate of drug-likeness (QED) is 0.270. The van der Waals surface area contributed by atoms with E-state index in [-0.39, 0.29) is 22.3 Å². The molecule has 2 bridgehead atoms. The number of piperazine rings is 1. The third-order valence-electron chi connectivity index (χ3n) is 9.97. The molecule has 3 aliphatic heterocycles. The van der Waals surface area contributed by atoms with Gasteiger partial charge >= 0.3 is 5.69 Å². The Hall–Kier alpha value is -2.88. The first-order valence-electron chi connectivity index (χ1n) is 14.9. The van der Waals surface area contributed by atoms with Gasteiger partial charge in [-0.3, -0.25) is 4.57 Å². The molecular formula is C31H31ClFN7OS2. The van der Waals surface area contributed by atoms with Crippen LogP contribution in [0.25, 0.3) is 32.1 Å². The van der Waals surface area contributed by atoms with Crippen LogP contribution in [0, 0.1) is 23.1 Å². The van der Waals surface area contributed by atoms with Crippen molar-refractivity contribution < 1.29 is 4.39 Å². The zero-order valence-corrected chi connectivity index (χ0v) is 26.0. The van der Waals surface area contributed by atoms with Gasteiger partial charge in [-0.05, 0) is 62.8 Å². The molecule has 4 aliphatic rings. The molecule has 43 heavy (non-hydrogen) atoms. The van der Waals surface area contributed by atoms with Gasteiger partial charge in [0.05, 0.1) is 26.8 Å². The Balaban J connectivity index is 1.41. The number of nitrogens with one attached hydrogen (secondary N) is 2. The van der Waals surface area contributed by atoms with E-state index in [2.05, 4.69) is 21.6 Å². The van der Waals surface area contributed by atoms with Crippen molar-refractivity contribution in [2.24, 2.45) is 5.92 Å². The zero-order valence-electron chi connectivity index (χ0n) is 23.6. The highest BCUT2D eigenvalue weighted by atomic mass is 35.5. The van der Waals surface area contributed by atoms with Gasteiger partial charge in [-0.15, -0.1) is 23.1 Å². The van der Waals surface area contributed by atoms with E-state index in [0.717, 1.165) is 72.3 Å². The number of nitrogens with two attached hydrogens (primary N) is 1. The minimum absolute atomic E-state index is 0.000302. The molecule has 12 heteroatoms. The van der Waals surface area contributed by atoms with Gasteiger partial charge in [-0.2, -0.15) is 10.2 Å². The highest BCUT2D eigenvalue weighted by molar-refractivity contribution is 7.99. The molecule has 0 amide bonds. The molecule has 4 unspecified atom stereocenters. The molecule has 2 saturated heterocycles. The van der Waals surface area contributed by atoms with E-state index in [4.69, 9.17) is 22.3 Å². The Labute approximate surface area is 261 Å². The van der Waals surface area contributed by atoms with Crippen molar-refractivity contribution in [2.45, 2.75) is 61.2 Å². The number of rotatable bonds is 4. The molecule has 4 N–H and O–H groups in total. The van der Waals surface area contributed by atoms with E-state index in [9.17, 15) is 10.1 Å². The Bertz CT molecular complexity index is 1910. The van der Waals surface area contributed by atoms with Gasteiger partial charge in [-0.1, -0.05) is 17.7 Å². The van der Waals surface area contributed by atoms with Crippen LogP contribution in [0.1, 0.15) is 43.7 Å². The van der Waals surface area contributed by atoms with Crippen molar-refractivity contribution in [2.75, 3.05) is 36.5 Å². The summed E-state index contributed by atoms with van der Waals surface area (Å²) in [7, 11) is 2.00. The SMILES string of the molecule is CNC1CCC([C@H]2CSc3c(-c4ccc(F)c5sc(N)c(C#N)c45)c(Cl)cc4c(N5CC6CCC(C5)N6)nc(=O)n2c34)C1. The lowest BCUT2D eigenvalue weighted by Gasteiger charge is -2.37. The van der Waals surface area contributed by atoms with Crippen LogP contribution in [0.4, 0.5) is 15.2 Å². The van der Waals surface area contributed by atoms with E-state index >= 15 is 4.39 Å². The number of thiophene rings is 1. The van der Waals surface area contributed by atoms with Crippen LogP contribution in [-0.4, -0.2) is 53.6 Å². The predicted molar refractivity (Wildman–Crippen MR) is 173 cm³/mol. The minimum atomic E-state index is -0.424. The summed E-state index contributed by atoms with van der Waals surface area (Å²) in [4.78, 5) is 22.1. The van der Waals surface area contributed by atoms with E-state index in [1.165, 1.54) is 6.07 Å². The average Bonchev–Trinajstić information content (AvgIpc) is 3.71. The van der Waals surface area contributed by atoms with Crippen molar-refractivity contribution in [3.63, 3.8) is 0 Å². The van der Waals surface area contributed by atoms with Gasteiger partial charge in [0.2, 0.25) is 0 Å². The lowest BCUT2D eigenvalue weighted by molar-refractivity contribution is 0.352. The highest BCUT2D eigenvalue weighted by Gasteiger charge is 2.39. The number of hydrogen-bond acceptors (Lipinski definition) is 9. The third-order valence-corrected chi connectivity index (χ3v) is 12.5. The fourth-order valence-electron chi connectivity index (χ4n) is 7.96. The zero-order chi connectivity index (χ0) is 29.6. The number of nitrogens with zero attached hydrogens (tertiary/aromatic N) is 4. The van der Waals surface area contributed by atoms with E-state index in [0.29, 0.717) is 61.8 Å². The highest BCUT2D eigenvalue weighted by Crippen LogP contribution is 2.52. The third kappa shape index (κ3) is 4.21. The average molecular weight is 636 g/mol. The van der Waals surface area contributed by atoms with Crippen LogP contribution >= 0.6 is 34.7 Å². The number of thioether (sulfide) groups is 1. The van der Waals surface area contributed by atoms with Gasteiger partial charge in [0.1, 0.15) is 22.7 Å². The van der Waals surface area contributed by atoms with Gasteiger partial charge in [0.15, 0.2) is 0 Å². The number of nitrogen functional groups attached to an aromatic ring is 1. The molecule has 1 saturated carbocycles. The number of benzene rings is 2. The smallest absolute Gasteiger partial charge is 0.350 e. The van der Waals surface area contributed by atoms with Crippen LogP contribution in [0.5, 0.6) is 0 Å². The number of fused-ring (bicyclic) bond motifs is 3. The second-order valence-electron chi connectivity index (χ2n) is 12.3. The first-order chi connectivity index (χ1) is 20.9. The number of nitriles is 1. The van der Waals surface area contributed by atoms with Gasteiger partial charge in [0, 0.05) is 58.2 Å². The summed E-state index contributed by atoms with van der Waals surface area (Å²) >= 11 is 9.97. The number of hydrogen-bond donors (Lipinski definition) is 3. The standard InChI is InChI=1S/C31H31ClFN7OS2/c1-36-15-3-2-14(8-15)23-13-42-28-25(18-6-7-22(33)27-24(18)20(10-34)29(35)43-27)21(32)9-19-26(28)40(23)31(41)38-30(19)39-11-16-4-5-17(12-39)37-16/h6-7,9,14-17,23,36-37H,2-5,8,11-13,35H2,1H3/t14?,15?,16?,17?,23-/m1/s1. The van der Waals surface area contributed by atoms with Crippen molar-refractivity contribution in [1.82, 2.24) is 20.2 Å². The fraction of sp³-hybridized carbons (Fsp3) is 0.452. The largest absolute Gasteiger partial charge is 0.389 e. The van der Waals surface area contributed by atoms with E-state index in [1.54, 1.807) is 17.8 Å². The maximum Gasteiger partial charge on any atom is 0.350 e. The van der Waals surface area contributed by atoms with Gasteiger partial charge in [-0.25, -0.2) is 9.18 Å². The molecule has 2 aromatic carbocycles. The van der Waals surface area contributed by atoms with Crippen LogP contribution < -0.4 is 27.0 Å². The van der Waals surface area contributed by atoms with E-state index in [1.807, 2.05) is 17.7 Å². The normalized spacial score (nSPS) is 26.5. The van der Waals surface area contributed by atoms with Crippen LogP contribution in [0.15, 0.2) is 27.9 Å². The van der Waals surface area contributed by atoms with Crippen molar-refractivity contribution in [3.05, 3.63) is 45.1 Å². The van der Waals surface area contributed by atoms with Crippen LogP contribution in [0.2, 0.25) is 5.02 Å². The molecule has 0 radical (unpaired) electrons. The predicted octanol–water partition coefficient (Wildman–Crippen LogP) is 5.50. The molecule has 5 atom stereocenters. The Morgan fingerprint density at radius 1 is 1.23 bits per heavy atom. The minimum Gasteiger partial charge on any atom is -0.389 e. The van der Waals surface area contributed by atoms with E-state index < -0.39 is 5.82 Å². The summed E-state index contributed by atoms with van der Waals surface area (Å²) < 4.78 is 17.3. The summed E-state index contributed by atoms with van der Waals surface area (Å²) in [5.74, 6) is 1.32. The molecule has 5 heterocycles. The molecule has 222 valence electrons. The number of anilines is 2. The van der Waals surface area contributed by atoms with Gasteiger partial charge in [0.25, 0.3) is 0 Å². The van der Waals surface area contributed by atoms with Crippen molar-refractivity contribution in [1.29, 1.82) is 5.26 Å². The first kappa shape index (κ1) is 27.7. The Morgan fingerprint density at radius 2 is 2.02 bits per heavy atom. The molecule has 1 aliphatic carbocycles. The molecule has 8 rings (SSSR count). The lowest BCUT2D eigenvalue weighted by atomic mass is 9.95. The molecule has 4 aromatic rings. The van der Waals surface area contributed by atoms with Crippen LogP contribution in [-0.2, 0) is 0 Å². The maximum absolute atomic E-state index is 15.0. The summed E-state index contributed by atoms with van der Waals surface area (Å²) in [5, 5.41) is 19.2. The number of halogens is 2. The second kappa shape index (κ2) is 10.3. The maximum atomic E-state index is 15.0. The van der Waals surface area contributed by atoms with Crippen molar-refractivity contribution in [3.8, 4) is 17.2 Å². The molecular weight excluding hydrogens is 605 g/mol. The summed E-state index contributed by atoms with van der Waals surface area (Å²) in [6.45, 7) is 1.58. The summed E-state index contributed by atoms with van der Waals surface area (Å²) in [6.07, 6.45) is 5.36. The van der Waals surface area contributed by atoms with Crippen LogP contribution in [0.3, 0.4) is 0 Å². The molecule has 3 fully saturated rings. The number of aromatic nitrogens is 2. The van der Waals surface area contributed by atoms with Gasteiger partial charge < -0.3 is 21.3 Å². The molecule has 2 aromatic heterocycles. The fourth-order valence-corrected chi connectivity index (χ4v) is 10.7. The molecule has 0 spiro atoms. The lowest BCUT2D eigenvalue weighted by Crippen LogP contribution is -2.52. The van der Waals surface area contributed by atoms with Crippen molar-refractivity contribution >= 4 is 66.5 Å². The topological polar surface area (TPSA) is 112 Å². The second-order valence-corrected chi connectivity index (χ2v) is 14.8. The molecule has 8 nitrogen and oxygen atoms in total. The first-order valence-corrected chi connectivity index (χ1v) is 17.0. The Kier molecular flexibility index (Phi) is 6.65. The monoisotopic (exact) mass is 635 g/mol. The Morgan fingerprint density at radius 3 is 2.74 bits per heavy atom. The summed E-state index contributed by atoms with van der Waals surface area (Å²) in [6, 6.07) is 8.41. The summed E-state index contributed by atoms with van der Waals surface area (Å²) in [5.41, 5.74) is 8.42.